The molecule has 0 N–H and O–H groups in total. The van der Waals surface area contributed by atoms with Gasteiger partial charge in [-0.25, -0.2) is 4.79 Å². The largest absolute Gasteiger partial charge is 0.497 e. The molecule has 1 amide bonds. The van der Waals surface area contributed by atoms with Crippen LogP contribution in [0.3, 0.4) is 0 Å². The molecule has 0 bridgehead atoms. The van der Waals surface area contributed by atoms with Crippen molar-refractivity contribution in [2.75, 3.05) is 51.4 Å². The standard InChI is InChI=1S/C21H23ClN2O5/c1-27-16-6-8-17(9-7-16)28-15-21(26)29-14-20(25)24-12-10-23(11-13-24)19-5-3-2-4-18(19)22/h2-9H,10-15H2,1H3. The maximum absolute atomic E-state index is 12.3. The van der Waals surface area contributed by atoms with Crippen molar-refractivity contribution < 1.29 is 23.8 Å². The van der Waals surface area contributed by atoms with E-state index < -0.39 is 5.97 Å². The first-order valence-electron chi connectivity index (χ1n) is 9.26. The highest BCUT2D eigenvalue weighted by Crippen LogP contribution is 2.26. The van der Waals surface area contributed by atoms with E-state index in [1.807, 2.05) is 24.3 Å². The molecule has 3 rings (SSSR count). The fourth-order valence-corrected chi connectivity index (χ4v) is 3.25. The Bertz CT molecular complexity index is 835. The molecule has 154 valence electrons. The lowest BCUT2D eigenvalue weighted by Gasteiger charge is -2.36. The van der Waals surface area contributed by atoms with Crippen LogP contribution in [0.5, 0.6) is 11.5 Å². The van der Waals surface area contributed by atoms with Crippen molar-refractivity contribution in [2.24, 2.45) is 0 Å². The van der Waals surface area contributed by atoms with Crippen LogP contribution in [-0.4, -0.2) is 63.3 Å². The summed E-state index contributed by atoms with van der Waals surface area (Å²) in [4.78, 5) is 28.0. The fourth-order valence-electron chi connectivity index (χ4n) is 2.99. The first-order valence-corrected chi connectivity index (χ1v) is 9.64. The van der Waals surface area contributed by atoms with Gasteiger partial charge in [0, 0.05) is 26.2 Å². The number of hydrogen-bond acceptors (Lipinski definition) is 6. The van der Waals surface area contributed by atoms with Crippen molar-refractivity contribution in [1.29, 1.82) is 0 Å². The second kappa shape index (κ2) is 10.0. The van der Waals surface area contributed by atoms with Gasteiger partial charge in [-0.05, 0) is 36.4 Å². The molecule has 2 aromatic rings. The molecule has 1 fully saturated rings. The number of esters is 1. The van der Waals surface area contributed by atoms with E-state index >= 15 is 0 Å². The highest BCUT2D eigenvalue weighted by Gasteiger charge is 2.23. The van der Waals surface area contributed by atoms with E-state index in [2.05, 4.69) is 4.90 Å². The van der Waals surface area contributed by atoms with Crippen molar-refractivity contribution >= 4 is 29.2 Å². The van der Waals surface area contributed by atoms with Crippen LogP contribution in [0.2, 0.25) is 5.02 Å². The second-order valence-corrected chi connectivity index (χ2v) is 6.85. The number of para-hydroxylation sites is 1. The summed E-state index contributed by atoms with van der Waals surface area (Å²) in [6.07, 6.45) is 0. The Morgan fingerprint density at radius 1 is 0.931 bits per heavy atom. The number of nitrogens with zero attached hydrogens (tertiary/aromatic N) is 2. The van der Waals surface area contributed by atoms with Gasteiger partial charge in [0.1, 0.15) is 11.5 Å². The SMILES string of the molecule is COc1ccc(OCC(=O)OCC(=O)N2CCN(c3ccccc3Cl)CC2)cc1. The minimum absolute atomic E-state index is 0.221. The van der Waals surface area contributed by atoms with E-state index in [4.69, 9.17) is 25.8 Å². The number of ether oxygens (including phenoxy) is 3. The fraction of sp³-hybridized carbons (Fsp3) is 0.333. The topological polar surface area (TPSA) is 68.3 Å². The molecule has 0 aliphatic carbocycles. The van der Waals surface area contributed by atoms with E-state index in [0.29, 0.717) is 42.7 Å². The molecule has 0 radical (unpaired) electrons. The molecule has 0 saturated carbocycles. The Morgan fingerprint density at radius 2 is 1.59 bits per heavy atom. The monoisotopic (exact) mass is 418 g/mol. The van der Waals surface area contributed by atoms with Crippen LogP contribution in [0.25, 0.3) is 0 Å². The second-order valence-electron chi connectivity index (χ2n) is 6.44. The van der Waals surface area contributed by atoms with Gasteiger partial charge in [0.2, 0.25) is 0 Å². The van der Waals surface area contributed by atoms with E-state index in [-0.39, 0.29) is 19.1 Å². The van der Waals surface area contributed by atoms with E-state index in [1.54, 1.807) is 36.3 Å². The van der Waals surface area contributed by atoms with Gasteiger partial charge in [-0.15, -0.1) is 0 Å². The van der Waals surface area contributed by atoms with Gasteiger partial charge in [0.25, 0.3) is 5.91 Å². The van der Waals surface area contributed by atoms with Crippen molar-refractivity contribution in [3.63, 3.8) is 0 Å². The molecule has 8 heteroatoms. The summed E-state index contributed by atoms with van der Waals surface area (Å²) in [5.74, 6) is 0.399. The summed E-state index contributed by atoms with van der Waals surface area (Å²) in [6.45, 7) is 1.87. The number of amides is 1. The molecular formula is C21H23ClN2O5. The number of carbonyl (C=O) groups excluding carboxylic acids is 2. The smallest absolute Gasteiger partial charge is 0.344 e. The lowest BCUT2D eigenvalue weighted by Crippen LogP contribution is -2.50. The zero-order valence-electron chi connectivity index (χ0n) is 16.2. The molecule has 1 saturated heterocycles. The van der Waals surface area contributed by atoms with Crippen LogP contribution in [0.4, 0.5) is 5.69 Å². The van der Waals surface area contributed by atoms with Crippen LogP contribution in [-0.2, 0) is 14.3 Å². The van der Waals surface area contributed by atoms with E-state index in [0.717, 1.165) is 5.69 Å². The Hall–Kier alpha value is -2.93. The Labute approximate surface area is 174 Å². The van der Waals surface area contributed by atoms with Gasteiger partial charge in [-0.1, -0.05) is 23.7 Å². The van der Waals surface area contributed by atoms with Crippen LogP contribution in [0, 0.1) is 0 Å². The van der Waals surface area contributed by atoms with Gasteiger partial charge < -0.3 is 24.0 Å². The Morgan fingerprint density at radius 3 is 2.24 bits per heavy atom. The summed E-state index contributed by atoms with van der Waals surface area (Å²) in [5, 5.41) is 0.693. The van der Waals surface area contributed by atoms with Gasteiger partial charge in [0.15, 0.2) is 13.2 Å². The first kappa shape index (κ1) is 20.8. The minimum atomic E-state index is -0.594. The molecule has 0 unspecified atom stereocenters. The number of hydrogen-bond donors (Lipinski definition) is 0. The third-order valence-corrected chi connectivity index (χ3v) is 4.92. The van der Waals surface area contributed by atoms with Gasteiger partial charge in [-0.2, -0.15) is 0 Å². The molecule has 29 heavy (non-hydrogen) atoms. The molecule has 0 aromatic heterocycles. The molecule has 2 aromatic carbocycles. The predicted octanol–water partition coefficient (Wildman–Crippen LogP) is 2.62. The van der Waals surface area contributed by atoms with Gasteiger partial charge >= 0.3 is 5.97 Å². The van der Waals surface area contributed by atoms with Crippen LogP contribution in [0.1, 0.15) is 0 Å². The number of methoxy groups -OCH3 is 1. The first-order chi connectivity index (χ1) is 14.1. The van der Waals surface area contributed by atoms with Crippen molar-refractivity contribution in [3.05, 3.63) is 53.6 Å². The number of piperazine rings is 1. The van der Waals surface area contributed by atoms with Crippen molar-refractivity contribution in [2.45, 2.75) is 0 Å². The molecule has 0 atom stereocenters. The maximum atomic E-state index is 12.3. The van der Waals surface area contributed by atoms with E-state index in [1.165, 1.54) is 0 Å². The average Bonchev–Trinajstić information content (AvgIpc) is 2.77. The highest BCUT2D eigenvalue weighted by molar-refractivity contribution is 6.33. The molecular weight excluding hydrogens is 396 g/mol. The molecule has 1 aliphatic heterocycles. The van der Waals surface area contributed by atoms with Crippen LogP contribution in [0.15, 0.2) is 48.5 Å². The van der Waals surface area contributed by atoms with Crippen molar-refractivity contribution in [1.82, 2.24) is 4.90 Å². The Kier molecular flexibility index (Phi) is 7.19. The summed E-state index contributed by atoms with van der Waals surface area (Å²) in [7, 11) is 1.57. The lowest BCUT2D eigenvalue weighted by atomic mass is 10.2. The zero-order chi connectivity index (χ0) is 20.6. The molecule has 7 nitrogen and oxygen atoms in total. The number of benzene rings is 2. The summed E-state index contributed by atoms with van der Waals surface area (Å²) in [6, 6.07) is 14.5. The highest BCUT2D eigenvalue weighted by atomic mass is 35.5. The maximum Gasteiger partial charge on any atom is 0.344 e. The number of halogens is 1. The van der Waals surface area contributed by atoms with Crippen LogP contribution >= 0.6 is 11.6 Å². The third-order valence-electron chi connectivity index (χ3n) is 4.60. The zero-order valence-corrected chi connectivity index (χ0v) is 16.9. The van der Waals surface area contributed by atoms with Crippen molar-refractivity contribution in [3.8, 4) is 11.5 Å². The number of anilines is 1. The normalized spacial score (nSPS) is 13.7. The van der Waals surface area contributed by atoms with Gasteiger partial charge in [0.05, 0.1) is 17.8 Å². The summed E-state index contributed by atoms with van der Waals surface area (Å²) >= 11 is 6.23. The molecule has 1 heterocycles. The van der Waals surface area contributed by atoms with Gasteiger partial charge in [-0.3, -0.25) is 4.79 Å². The predicted molar refractivity (Wildman–Crippen MR) is 110 cm³/mol. The number of carbonyl (C=O) groups is 2. The average molecular weight is 419 g/mol. The summed E-state index contributed by atoms with van der Waals surface area (Å²) in [5.41, 5.74) is 0.961. The Balaban J connectivity index is 1.38. The molecule has 0 spiro atoms. The number of rotatable bonds is 7. The third kappa shape index (κ3) is 5.77. The lowest BCUT2D eigenvalue weighted by molar-refractivity contribution is -0.153. The summed E-state index contributed by atoms with van der Waals surface area (Å²) < 4.78 is 15.4. The molecule has 1 aliphatic rings. The van der Waals surface area contributed by atoms with Crippen LogP contribution < -0.4 is 14.4 Å². The minimum Gasteiger partial charge on any atom is -0.497 e. The van der Waals surface area contributed by atoms with E-state index in [9.17, 15) is 9.59 Å². The quantitative estimate of drug-likeness (QED) is 0.644.